The van der Waals surface area contributed by atoms with E-state index in [0.29, 0.717) is 5.52 Å². The van der Waals surface area contributed by atoms with E-state index in [2.05, 4.69) is 4.98 Å². The predicted molar refractivity (Wildman–Crippen MR) is 46.2 cm³/mol. The molecule has 0 aliphatic carbocycles. The fourth-order valence-corrected chi connectivity index (χ4v) is 1.06. The number of hydrogen-bond donors (Lipinski definition) is 1. The van der Waals surface area contributed by atoms with Crippen LogP contribution in [-0.4, -0.2) is 9.66 Å². The first-order chi connectivity index (χ1) is 5.77. The third-order valence-corrected chi connectivity index (χ3v) is 1.65. The highest BCUT2D eigenvalue weighted by molar-refractivity contribution is 5.76. The Morgan fingerprint density at radius 3 is 2.92 bits per heavy atom. The third kappa shape index (κ3) is 0.934. The van der Waals surface area contributed by atoms with Gasteiger partial charge < -0.3 is 5.84 Å². The predicted octanol–water partition coefficient (Wildman–Crippen LogP) is 0.110. The molecular weight excluding hydrogens is 154 g/mol. The second kappa shape index (κ2) is 2.34. The molecule has 1 heterocycles. The Morgan fingerprint density at radius 2 is 2.08 bits per heavy atom. The molecule has 60 valence electrons. The Kier molecular flexibility index (Phi) is 1.33. The van der Waals surface area contributed by atoms with E-state index in [1.54, 1.807) is 12.3 Å². The molecule has 0 amide bonds. The van der Waals surface area contributed by atoms with E-state index in [1.165, 1.54) is 0 Å². The summed E-state index contributed by atoms with van der Waals surface area (Å²) in [6, 6.07) is 7.33. The third-order valence-electron chi connectivity index (χ3n) is 1.65. The molecule has 0 radical (unpaired) electrons. The van der Waals surface area contributed by atoms with Gasteiger partial charge in [0.1, 0.15) is 0 Å². The summed E-state index contributed by atoms with van der Waals surface area (Å²) in [5, 5.41) is 0.861. The number of nitrogens with zero attached hydrogens (tertiary/aromatic N) is 2. The molecular formula is C8H7N3O. The summed E-state index contributed by atoms with van der Waals surface area (Å²) in [6.45, 7) is 0. The number of fused-ring (bicyclic) bond motifs is 1. The smallest absolute Gasteiger partial charge is 0.335 e. The Labute approximate surface area is 68.2 Å². The van der Waals surface area contributed by atoms with Crippen LogP contribution in [0.5, 0.6) is 0 Å². The van der Waals surface area contributed by atoms with Crippen molar-refractivity contribution in [3.8, 4) is 0 Å². The molecule has 0 aliphatic heterocycles. The Morgan fingerprint density at radius 1 is 1.33 bits per heavy atom. The lowest BCUT2D eigenvalue weighted by atomic mass is 10.2. The summed E-state index contributed by atoms with van der Waals surface area (Å²) in [6.07, 6.45) is 1.56. The Hall–Kier alpha value is -1.84. The maximum absolute atomic E-state index is 11.0. The first-order valence-corrected chi connectivity index (χ1v) is 3.51. The number of nitrogens with two attached hydrogens (primary N) is 1. The maximum Gasteiger partial charge on any atom is 0.366 e. The molecule has 0 saturated carbocycles. The molecule has 12 heavy (non-hydrogen) atoms. The minimum absolute atomic E-state index is 0.436. The molecule has 2 N–H and O–H groups in total. The van der Waals surface area contributed by atoms with Gasteiger partial charge in [-0.1, -0.05) is 18.2 Å². The zero-order valence-corrected chi connectivity index (χ0v) is 6.27. The minimum atomic E-state index is -0.436. The van der Waals surface area contributed by atoms with Crippen LogP contribution in [0.4, 0.5) is 0 Å². The molecule has 2 rings (SSSR count). The highest BCUT2D eigenvalue weighted by Crippen LogP contribution is 2.05. The van der Waals surface area contributed by atoms with Crippen molar-refractivity contribution in [2.45, 2.75) is 0 Å². The molecule has 0 fully saturated rings. The summed E-state index contributed by atoms with van der Waals surface area (Å²) in [5.41, 5.74) is 0.234. The van der Waals surface area contributed by atoms with Crippen LogP contribution in [0.25, 0.3) is 10.9 Å². The van der Waals surface area contributed by atoms with E-state index in [4.69, 9.17) is 5.84 Å². The van der Waals surface area contributed by atoms with Gasteiger partial charge in [-0.15, -0.1) is 0 Å². The summed E-state index contributed by atoms with van der Waals surface area (Å²) in [7, 11) is 0. The monoisotopic (exact) mass is 161 g/mol. The highest BCUT2D eigenvalue weighted by atomic mass is 16.1. The van der Waals surface area contributed by atoms with E-state index in [-0.39, 0.29) is 0 Å². The summed E-state index contributed by atoms with van der Waals surface area (Å²) < 4.78 is 0.975. The van der Waals surface area contributed by atoms with Crippen molar-refractivity contribution >= 4 is 10.9 Å². The van der Waals surface area contributed by atoms with E-state index in [9.17, 15) is 4.79 Å². The van der Waals surface area contributed by atoms with E-state index >= 15 is 0 Å². The average molecular weight is 161 g/mol. The van der Waals surface area contributed by atoms with Crippen LogP contribution in [0.15, 0.2) is 35.3 Å². The van der Waals surface area contributed by atoms with Gasteiger partial charge in [0.2, 0.25) is 0 Å². The number of para-hydroxylation sites is 1. The SMILES string of the molecule is Nn1cc2ccccc2nc1=O. The first-order valence-electron chi connectivity index (χ1n) is 3.51. The van der Waals surface area contributed by atoms with Gasteiger partial charge in [0.25, 0.3) is 0 Å². The Bertz CT molecular complexity index is 475. The van der Waals surface area contributed by atoms with E-state index < -0.39 is 5.69 Å². The summed E-state index contributed by atoms with van der Waals surface area (Å²) >= 11 is 0. The van der Waals surface area contributed by atoms with Crippen LogP contribution in [0, 0.1) is 0 Å². The molecule has 0 aliphatic rings. The van der Waals surface area contributed by atoms with Gasteiger partial charge in [-0.05, 0) is 6.07 Å². The largest absolute Gasteiger partial charge is 0.366 e. The van der Waals surface area contributed by atoms with Gasteiger partial charge in [-0.25, -0.2) is 9.47 Å². The van der Waals surface area contributed by atoms with Gasteiger partial charge in [0.05, 0.1) is 5.52 Å². The number of hydrogen-bond acceptors (Lipinski definition) is 3. The van der Waals surface area contributed by atoms with Gasteiger partial charge in [-0.2, -0.15) is 4.98 Å². The fourth-order valence-electron chi connectivity index (χ4n) is 1.06. The zero-order valence-electron chi connectivity index (χ0n) is 6.27. The van der Waals surface area contributed by atoms with Crippen molar-refractivity contribution in [2.75, 3.05) is 5.84 Å². The second-order valence-corrected chi connectivity index (χ2v) is 2.49. The molecule has 0 bridgehead atoms. The normalized spacial score (nSPS) is 10.3. The maximum atomic E-state index is 11.0. The molecule has 4 nitrogen and oxygen atoms in total. The number of benzene rings is 1. The van der Waals surface area contributed by atoms with Gasteiger partial charge in [0, 0.05) is 11.6 Å². The lowest BCUT2D eigenvalue weighted by molar-refractivity contribution is 0.893. The van der Waals surface area contributed by atoms with Crippen molar-refractivity contribution in [1.82, 2.24) is 9.66 Å². The highest BCUT2D eigenvalue weighted by Gasteiger charge is 1.95. The van der Waals surface area contributed by atoms with Crippen LogP contribution < -0.4 is 11.5 Å². The molecule has 4 heteroatoms. The van der Waals surface area contributed by atoms with E-state index in [1.807, 2.05) is 18.2 Å². The molecule has 0 unspecified atom stereocenters. The van der Waals surface area contributed by atoms with Crippen molar-refractivity contribution < 1.29 is 0 Å². The zero-order chi connectivity index (χ0) is 8.55. The van der Waals surface area contributed by atoms with Crippen LogP contribution in [0.2, 0.25) is 0 Å². The van der Waals surface area contributed by atoms with Crippen molar-refractivity contribution in [3.05, 3.63) is 40.9 Å². The van der Waals surface area contributed by atoms with Crippen LogP contribution in [0.3, 0.4) is 0 Å². The van der Waals surface area contributed by atoms with Crippen LogP contribution in [-0.2, 0) is 0 Å². The standard InChI is InChI=1S/C8H7N3O/c9-11-5-6-3-1-2-4-7(6)10-8(11)12/h1-5H,9H2. The molecule has 1 aromatic carbocycles. The quantitative estimate of drug-likeness (QED) is 0.558. The van der Waals surface area contributed by atoms with Gasteiger partial charge in [-0.3, -0.25) is 0 Å². The van der Waals surface area contributed by atoms with Gasteiger partial charge >= 0.3 is 5.69 Å². The summed E-state index contributed by atoms with van der Waals surface area (Å²) in [5.74, 6) is 5.33. The topological polar surface area (TPSA) is 60.9 Å². The average Bonchev–Trinajstić information content (AvgIpc) is 2.07. The molecule has 0 atom stereocenters. The van der Waals surface area contributed by atoms with E-state index in [0.717, 1.165) is 10.1 Å². The van der Waals surface area contributed by atoms with Crippen molar-refractivity contribution in [2.24, 2.45) is 0 Å². The fraction of sp³-hybridized carbons (Fsp3) is 0. The number of aromatic nitrogens is 2. The molecule has 0 saturated heterocycles. The number of nitrogen functional groups attached to an aromatic ring is 1. The molecule has 0 spiro atoms. The minimum Gasteiger partial charge on any atom is -0.335 e. The van der Waals surface area contributed by atoms with Crippen molar-refractivity contribution in [1.29, 1.82) is 0 Å². The Balaban J connectivity index is 2.93. The summed E-state index contributed by atoms with van der Waals surface area (Å²) in [4.78, 5) is 14.7. The lowest BCUT2D eigenvalue weighted by Gasteiger charge is -1.98. The van der Waals surface area contributed by atoms with Crippen LogP contribution >= 0.6 is 0 Å². The molecule has 2 aromatic rings. The number of rotatable bonds is 0. The van der Waals surface area contributed by atoms with Crippen LogP contribution in [0.1, 0.15) is 0 Å². The van der Waals surface area contributed by atoms with Crippen molar-refractivity contribution in [3.63, 3.8) is 0 Å². The molecule has 1 aromatic heterocycles. The second-order valence-electron chi connectivity index (χ2n) is 2.49. The van der Waals surface area contributed by atoms with Gasteiger partial charge in [0.15, 0.2) is 0 Å². The lowest BCUT2D eigenvalue weighted by Crippen LogP contribution is -2.28. The first kappa shape index (κ1) is 6.84.